The van der Waals surface area contributed by atoms with Crippen LogP contribution >= 0.6 is 0 Å². The molecule has 35 heavy (non-hydrogen) atoms. The maximum absolute atomic E-state index is 14.8. The number of anilines is 1. The number of carbonyl (C=O) groups is 1. The number of hydrogen-bond acceptors (Lipinski definition) is 3. The number of ether oxygens (including phenoxy) is 1. The lowest BCUT2D eigenvalue weighted by Gasteiger charge is -2.26. The summed E-state index contributed by atoms with van der Waals surface area (Å²) in [5, 5.41) is 9.73. The minimum atomic E-state index is -1.15. The number of nitrogens with two attached hydrogens (primary N) is 1. The zero-order valence-corrected chi connectivity index (χ0v) is 18.9. The number of benzene rings is 3. The van der Waals surface area contributed by atoms with Gasteiger partial charge in [-0.2, -0.15) is 0 Å². The van der Waals surface area contributed by atoms with E-state index < -0.39 is 17.6 Å². The molecule has 0 radical (unpaired) electrons. The lowest BCUT2D eigenvalue weighted by molar-refractivity contribution is 0.0697. The van der Waals surface area contributed by atoms with E-state index in [1.807, 2.05) is 0 Å². The summed E-state index contributed by atoms with van der Waals surface area (Å²) in [6.07, 6.45) is 1.34. The molecule has 1 aliphatic rings. The van der Waals surface area contributed by atoms with Crippen LogP contribution in [-0.2, 0) is 4.74 Å². The molecule has 0 aliphatic carbocycles. The number of aryl methyl sites for hydroxylation is 1. The second-order valence-corrected chi connectivity index (χ2v) is 8.78. The van der Waals surface area contributed by atoms with Crippen LogP contribution in [-0.4, -0.2) is 28.9 Å². The molecule has 0 atom stereocenters. The molecule has 3 N–H and O–H groups in total. The molecule has 0 spiro atoms. The highest BCUT2D eigenvalue weighted by atomic mass is 19.2. The van der Waals surface area contributed by atoms with Gasteiger partial charge >= 0.3 is 5.97 Å². The lowest BCUT2D eigenvalue weighted by atomic mass is 9.89. The third-order valence-corrected chi connectivity index (χ3v) is 6.64. The Kier molecular flexibility index (Phi) is 5.76. The fraction of sp³-hybridized carbons (Fsp3) is 0.222. The quantitative estimate of drug-likeness (QED) is 0.341. The first kappa shape index (κ1) is 23.0. The Bertz CT molecular complexity index is 1460. The normalized spacial score (nSPS) is 14.5. The fourth-order valence-electron chi connectivity index (χ4n) is 4.92. The van der Waals surface area contributed by atoms with E-state index in [4.69, 9.17) is 10.5 Å². The van der Waals surface area contributed by atoms with E-state index in [-0.39, 0.29) is 28.5 Å². The monoisotopic (exact) mass is 480 g/mol. The first-order valence-corrected chi connectivity index (χ1v) is 11.3. The van der Waals surface area contributed by atoms with E-state index in [1.165, 1.54) is 18.2 Å². The van der Waals surface area contributed by atoms with Crippen molar-refractivity contribution in [2.24, 2.45) is 0 Å². The SMILES string of the molecule is Cc1cc(-c2c(C3CCOCC3)n(-c3ccc(C(=O)O)cc3)c3c(N)c(F)c(F)cc23)ccc1F. The van der Waals surface area contributed by atoms with Crippen LogP contribution in [0.4, 0.5) is 18.9 Å². The van der Waals surface area contributed by atoms with Crippen molar-refractivity contribution in [3.8, 4) is 16.8 Å². The number of halogens is 3. The topological polar surface area (TPSA) is 77.5 Å². The highest BCUT2D eigenvalue weighted by Crippen LogP contribution is 2.46. The van der Waals surface area contributed by atoms with E-state index >= 15 is 0 Å². The minimum absolute atomic E-state index is 0.0406. The van der Waals surface area contributed by atoms with Crippen LogP contribution in [0.3, 0.4) is 0 Å². The van der Waals surface area contributed by atoms with E-state index in [2.05, 4.69) is 0 Å². The predicted molar refractivity (Wildman–Crippen MR) is 127 cm³/mol. The predicted octanol–water partition coefficient (Wildman–Crippen LogP) is 6.20. The Hall–Kier alpha value is -3.78. The van der Waals surface area contributed by atoms with E-state index in [0.29, 0.717) is 53.8 Å². The molecule has 0 unspecified atom stereocenters. The van der Waals surface area contributed by atoms with Crippen LogP contribution in [0.2, 0.25) is 0 Å². The average molecular weight is 480 g/mol. The van der Waals surface area contributed by atoms with Crippen molar-refractivity contribution in [1.29, 1.82) is 0 Å². The van der Waals surface area contributed by atoms with Gasteiger partial charge < -0.3 is 20.1 Å². The summed E-state index contributed by atoms with van der Waals surface area (Å²) in [6.45, 7) is 2.68. The van der Waals surface area contributed by atoms with Crippen LogP contribution < -0.4 is 5.73 Å². The summed E-state index contributed by atoms with van der Waals surface area (Å²) >= 11 is 0. The van der Waals surface area contributed by atoms with Crippen molar-refractivity contribution in [1.82, 2.24) is 4.57 Å². The fourth-order valence-corrected chi connectivity index (χ4v) is 4.92. The summed E-state index contributed by atoms with van der Waals surface area (Å²) in [6, 6.07) is 11.9. The maximum Gasteiger partial charge on any atom is 0.335 e. The van der Waals surface area contributed by atoms with Gasteiger partial charge in [0.15, 0.2) is 11.6 Å². The molecule has 1 saturated heterocycles. The number of aromatic carboxylic acids is 1. The number of fused-ring (bicyclic) bond motifs is 1. The Morgan fingerprint density at radius 1 is 1.03 bits per heavy atom. The molecule has 1 fully saturated rings. The van der Waals surface area contributed by atoms with Crippen LogP contribution in [0.15, 0.2) is 48.5 Å². The highest BCUT2D eigenvalue weighted by molar-refractivity contribution is 6.05. The second kappa shape index (κ2) is 8.78. The molecule has 2 heterocycles. The zero-order chi connectivity index (χ0) is 24.9. The van der Waals surface area contributed by atoms with Crippen LogP contribution in [0.25, 0.3) is 27.7 Å². The van der Waals surface area contributed by atoms with Crippen molar-refractivity contribution in [2.75, 3.05) is 18.9 Å². The molecule has 5 nitrogen and oxygen atoms in total. The van der Waals surface area contributed by atoms with Crippen molar-refractivity contribution < 1.29 is 27.8 Å². The average Bonchev–Trinajstić information content (AvgIpc) is 3.19. The van der Waals surface area contributed by atoms with E-state index in [9.17, 15) is 23.1 Å². The number of aromatic nitrogens is 1. The number of nitrogen functional groups attached to an aromatic ring is 1. The molecular formula is C27H23F3N2O3. The van der Waals surface area contributed by atoms with Gasteiger partial charge in [0.25, 0.3) is 0 Å². The number of rotatable bonds is 4. The number of hydrogen-bond donors (Lipinski definition) is 2. The van der Waals surface area contributed by atoms with Crippen LogP contribution in [0.5, 0.6) is 0 Å². The van der Waals surface area contributed by atoms with Crippen molar-refractivity contribution in [2.45, 2.75) is 25.7 Å². The lowest BCUT2D eigenvalue weighted by Crippen LogP contribution is -2.17. The molecule has 0 amide bonds. The molecule has 3 aromatic carbocycles. The molecule has 8 heteroatoms. The summed E-state index contributed by atoms with van der Waals surface area (Å²) in [5.41, 5.74) is 9.24. The summed E-state index contributed by atoms with van der Waals surface area (Å²) < 4.78 is 50.9. The molecule has 180 valence electrons. The first-order chi connectivity index (χ1) is 16.8. The second-order valence-electron chi connectivity index (χ2n) is 8.78. The van der Waals surface area contributed by atoms with Gasteiger partial charge in [-0.15, -0.1) is 0 Å². The van der Waals surface area contributed by atoms with Gasteiger partial charge in [-0.1, -0.05) is 6.07 Å². The van der Waals surface area contributed by atoms with E-state index in [1.54, 1.807) is 35.8 Å². The van der Waals surface area contributed by atoms with E-state index in [0.717, 1.165) is 11.8 Å². The van der Waals surface area contributed by atoms with Crippen molar-refractivity contribution in [3.05, 3.63) is 82.8 Å². The smallest absolute Gasteiger partial charge is 0.335 e. The van der Waals surface area contributed by atoms with Crippen LogP contribution in [0, 0.1) is 24.4 Å². The molecular weight excluding hydrogens is 457 g/mol. The van der Waals surface area contributed by atoms with Gasteiger partial charge in [0, 0.05) is 41.5 Å². The van der Waals surface area contributed by atoms with Crippen LogP contribution in [0.1, 0.15) is 40.4 Å². The maximum atomic E-state index is 14.8. The summed E-state index contributed by atoms with van der Waals surface area (Å²) in [4.78, 5) is 11.4. The van der Waals surface area contributed by atoms with Gasteiger partial charge in [-0.05, 0) is 73.4 Å². The van der Waals surface area contributed by atoms with Gasteiger partial charge in [0.1, 0.15) is 5.82 Å². The third-order valence-electron chi connectivity index (χ3n) is 6.64. The van der Waals surface area contributed by atoms with Gasteiger partial charge in [-0.3, -0.25) is 0 Å². The molecule has 0 saturated carbocycles. The molecule has 1 aromatic heterocycles. The van der Waals surface area contributed by atoms with Crippen molar-refractivity contribution in [3.63, 3.8) is 0 Å². The molecule has 5 rings (SSSR count). The minimum Gasteiger partial charge on any atom is -0.478 e. The Labute approximate surface area is 199 Å². The molecule has 0 bridgehead atoms. The Morgan fingerprint density at radius 3 is 2.34 bits per heavy atom. The zero-order valence-electron chi connectivity index (χ0n) is 18.9. The van der Waals surface area contributed by atoms with Gasteiger partial charge in [0.2, 0.25) is 0 Å². The Balaban J connectivity index is 1.92. The number of nitrogens with zero attached hydrogens (tertiary/aromatic N) is 1. The molecule has 1 aliphatic heterocycles. The molecule has 4 aromatic rings. The van der Waals surface area contributed by atoms with Crippen molar-refractivity contribution >= 4 is 22.6 Å². The highest BCUT2D eigenvalue weighted by Gasteiger charge is 2.30. The Morgan fingerprint density at radius 2 is 1.71 bits per heavy atom. The number of carboxylic acids is 1. The standard InChI is InChI=1S/C27H23F3N2O3/c1-14-12-17(4-7-20(14)28)22-19-13-21(29)23(30)24(31)26(19)32(25(22)15-8-10-35-11-9-15)18-5-2-16(3-6-18)27(33)34/h2-7,12-13,15H,8-11,31H2,1H3,(H,33,34). The van der Waals surface area contributed by atoms with Gasteiger partial charge in [0.05, 0.1) is 16.8 Å². The number of carboxylic acid groups (broad SMARTS) is 1. The third kappa shape index (κ3) is 3.83. The largest absolute Gasteiger partial charge is 0.478 e. The first-order valence-electron chi connectivity index (χ1n) is 11.3. The summed E-state index contributed by atoms with van der Waals surface area (Å²) in [7, 11) is 0. The summed E-state index contributed by atoms with van der Waals surface area (Å²) in [5.74, 6) is -3.72. The van der Waals surface area contributed by atoms with Gasteiger partial charge in [-0.25, -0.2) is 18.0 Å².